The van der Waals surface area contributed by atoms with Gasteiger partial charge in [0, 0.05) is 27.2 Å². The zero-order valence-electron chi connectivity index (χ0n) is 17.0. The fourth-order valence-electron chi connectivity index (χ4n) is 2.21. The van der Waals surface area contributed by atoms with E-state index in [4.69, 9.17) is 9.47 Å². The Morgan fingerprint density at radius 2 is 1.74 bits per heavy atom. The first-order valence-corrected chi connectivity index (χ1v) is 9.12. The van der Waals surface area contributed by atoms with E-state index < -0.39 is 0 Å². The molecule has 27 heavy (non-hydrogen) atoms. The van der Waals surface area contributed by atoms with Crippen molar-refractivity contribution in [3.8, 4) is 11.5 Å². The number of aliphatic imine (C=N–C) groups is 1. The Labute approximate surface area is 179 Å². The van der Waals surface area contributed by atoms with Gasteiger partial charge in [-0.25, -0.2) is 4.99 Å². The Balaban J connectivity index is 0.00000676. The quantitative estimate of drug-likeness (QED) is 0.298. The van der Waals surface area contributed by atoms with E-state index in [1.807, 2.05) is 39.0 Å². The van der Waals surface area contributed by atoms with Crippen LogP contribution in [-0.2, 0) is 11.2 Å². The van der Waals surface area contributed by atoms with Crippen LogP contribution < -0.4 is 20.1 Å². The van der Waals surface area contributed by atoms with Crippen molar-refractivity contribution in [3.05, 3.63) is 23.8 Å². The normalized spacial score (nSPS) is 10.6. The molecule has 8 heteroatoms. The molecule has 2 N–H and O–H groups in total. The average molecular weight is 492 g/mol. The first-order valence-electron chi connectivity index (χ1n) is 9.12. The van der Waals surface area contributed by atoms with Gasteiger partial charge in [0.15, 0.2) is 17.5 Å². The molecule has 1 aromatic carbocycles. The molecule has 1 rings (SSSR count). The number of likely N-dealkylation sites (N-methyl/N-ethyl adjacent to an activating group) is 1. The Bertz CT molecular complexity index is 594. The lowest BCUT2D eigenvalue weighted by molar-refractivity contribution is -0.127. The number of benzene rings is 1. The third-order valence-corrected chi connectivity index (χ3v) is 3.53. The summed E-state index contributed by atoms with van der Waals surface area (Å²) in [5.41, 5.74) is 1.14. The number of guanidine groups is 1. The highest BCUT2D eigenvalue weighted by molar-refractivity contribution is 14.0. The lowest BCUT2D eigenvalue weighted by Crippen LogP contribution is -2.39. The van der Waals surface area contributed by atoms with Crippen LogP contribution in [0.3, 0.4) is 0 Å². The van der Waals surface area contributed by atoms with E-state index in [-0.39, 0.29) is 36.4 Å². The SMILES string of the molecule is CCNC(=NCC(=O)N(C)C)NCCc1ccc(OCC)c(OCC)c1.I. The second-order valence-electron chi connectivity index (χ2n) is 5.81. The molecule has 7 nitrogen and oxygen atoms in total. The molecular formula is C19H33IN4O3. The van der Waals surface area contributed by atoms with Crippen molar-refractivity contribution in [2.24, 2.45) is 4.99 Å². The first kappa shape index (κ1) is 25.3. The fraction of sp³-hybridized carbons (Fsp3) is 0.579. The molecule has 0 bridgehead atoms. The fourth-order valence-corrected chi connectivity index (χ4v) is 2.21. The summed E-state index contributed by atoms with van der Waals surface area (Å²) in [7, 11) is 3.44. The molecule has 0 spiro atoms. The molecule has 0 unspecified atom stereocenters. The number of ether oxygens (including phenoxy) is 2. The summed E-state index contributed by atoms with van der Waals surface area (Å²) in [6.07, 6.45) is 0.804. The number of nitrogens with zero attached hydrogens (tertiary/aromatic N) is 2. The summed E-state index contributed by atoms with van der Waals surface area (Å²) in [6.45, 7) is 8.66. The van der Waals surface area contributed by atoms with Gasteiger partial charge in [-0.05, 0) is 44.9 Å². The van der Waals surface area contributed by atoms with Crippen molar-refractivity contribution < 1.29 is 14.3 Å². The third kappa shape index (κ3) is 9.69. The molecule has 0 saturated carbocycles. The number of halogens is 1. The van der Waals surface area contributed by atoms with Crippen molar-refractivity contribution in [2.45, 2.75) is 27.2 Å². The van der Waals surface area contributed by atoms with Crippen LogP contribution in [-0.4, -0.2) is 63.7 Å². The Morgan fingerprint density at radius 3 is 2.33 bits per heavy atom. The van der Waals surface area contributed by atoms with Gasteiger partial charge in [-0.1, -0.05) is 6.07 Å². The van der Waals surface area contributed by atoms with Crippen molar-refractivity contribution in [1.82, 2.24) is 15.5 Å². The maximum absolute atomic E-state index is 11.7. The third-order valence-electron chi connectivity index (χ3n) is 3.53. The topological polar surface area (TPSA) is 75.2 Å². The van der Waals surface area contributed by atoms with Gasteiger partial charge in [0.05, 0.1) is 13.2 Å². The molecule has 0 aliphatic heterocycles. The summed E-state index contributed by atoms with van der Waals surface area (Å²) < 4.78 is 11.2. The van der Waals surface area contributed by atoms with Crippen LogP contribution in [0.25, 0.3) is 0 Å². The standard InChI is InChI=1S/C19H32N4O3.HI/c1-6-20-19(22-14-18(24)23(4)5)21-12-11-15-9-10-16(25-7-2)17(13-15)26-8-3;/h9-10,13H,6-8,11-12,14H2,1-5H3,(H2,20,21,22);1H. The second-order valence-corrected chi connectivity index (χ2v) is 5.81. The average Bonchev–Trinajstić information content (AvgIpc) is 2.61. The van der Waals surface area contributed by atoms with Crippen LogP contribution in [0.2, 0.25) is 0 Å². The van der Waals surface area contributed by atoms with Crippen LogP contribution in [0, 0.1) is 0 Å². The second kappa shape index (κ2) is 14.4. The van der Waals surface area contributed by atoms with Crippen molar-refractivity contribution in [2.75, 3.05) is 46.9 Å². The molecule has 0 heterocycles. The van der Waals surface area contributed by atoms with Gasteiger partial charge in [-0.3, -0.25) is 4.79 Å². The summed E-state index contributed by atoms with van der Waals surface area (Å²) in [5, 5.41) is 6.39. The van der Waals surface area contributed by atoms with Crippen molar-refractivity contribution in [1.29, 1.82) is 0 Å². The van der Waals surface area contributed by atoms with E-state index in [0.717, 1.165) is 30.0 Å². The van der Waals surface area contributed by atoms with Gasteiger partial charge >= 0.3 is 0 Å². The minimum atomic E-state index is -0.0323. The molecule has 0 aliphatic carbocycles. The number of rotatable bonds is 10. The van der Waals surface area contributed by atoms with Gasteiger partial charge < -0.3 is 25.0 Å². The van der Waals surface area contributed by atoms with Gasteiger partial charge in [-0.15, -0.1) is 24.0 Å². The lowest BCUT2D eigenvalue weighted by Gasteiger charge is -2.14. The molecule has 1 aromatic rings. The van der Waals surface area contributed by atoms with Crippen LogP contribution in [0.4, 0.5) is 0 Å². The molecule has 0 radical (unpaired) electrons. The highest BCUT2D eigenvalue weighted by atomic mass is 127. The highest BCUT2D eigenvalue weighted by Gasteiger charge is 2.07. The minimum Gasteiger partial charge on any atom is -0.490 e. The van der Waals surface area contributed by atoms with Crippen LogP contribution in [0.5, 0.6) is 11.5 Å². The number of amides is 1. The molecule has 0 aliphatic rings. The summed E-state index contributed by atoms with van der Waals surface area (Å²) in [6, 6.07) is 5.99. The van der Waals surface area contributed by atoms with Crippen LogP contribution >= 0.6 is 24.0 Å². The molecular weight excluding hydrogens is 459 g/mol. The largest absolute Gasteiger partial charge is 0.490 e. The van der Waals surface area contributed by atoms with E-state index in [9.17, 15) is 4.79 Å². The molecule has 0 fully saturated rings. The van der Waals surface area contributed by atoms with Crippen molar-refractivity contribution in [3.63, 3.8) is 0 Å². The smallest absolute Gasteiger partial charge is 0.243 e. The van der Waals surface area contributed by atoms with E-state index >= 15 is 0 Å². The summed E-state index contributed by atoms with van der Waals surface area (Å²) >= 11 is 0. The number of hydrogen-bond donors (Lipinski definition) is 2. The van der Waals surface area contributed by atoms with Crippen molar-refractivity contribution >= 4 is 35.8 Å². The minimum absolute atomic E-state index is 0. The van der Waals surface area contributed by atoms with Crippen LogP contribution in [0.15, 0.2) is 23.2 Å². The van der Waals surface area contributed by atoms with Gasteiger partial charge in [0.25, 0.3) is 0 Å². The number of nitrogens with one attached hydrogen (secondary N) is 2. The number of carbonyl (C=O) groups is 1. The highest BCUT2D eigenvalue weighted by Crippen LogP contribution is 2.28. The maximum atomic E-state index is 11.7. The summed E-state index contributed by atoms with van der Waals surface area (Å²) in [4.78, 5) is 17.5. The number of hydrogen-bond acceptors (Lipinski definition) is 4. The molecule has 0 saturated heterocycles. The zero-order chi connectivity index (χ0) is 19.4. The molecule has 0 atom stereocenters. The lowest BCUT2D eigenvalue weighted by atomic mass is 10.1. The van der Waals surface area contributed by atoms with Gasteiger partial charge in [0.1, 0.15) is 6.54 Å². The maximum Gasteiger partial charge on any atom is 0.243 e. The zero-order valence-corrected chi connectivity index (χ0v) is 19.3. The molecule has 0 aromatic heterocycles. The van der Waals surface area contributed by atoms with Gasteiger partial charge in [-0.2, -0.15) is 0 Å². The predicted molar refractivity (Wildman–Crippen MR) is 121 cm³/mol. The first-order chi connectivity index (χ1) is 12.5. The Hall–Kier alpha value is -1.71. The monoisotopic (exact) mass is 492 g/mol. The van der Waals surface area contributed by atoms with E-state index in [1.54, 1.807) is 14.1 Å². The molecule has 154 valence electrons. The van der Waals surface area contributed by atoms with Crippen LogP contribution in [0.1, 0.15) is 26.3 Å². The van der Waals surface area contributed by atoms with E-state index in [0.29, 0.717) is 25.7 Å². The van der Waals surface area contributed by atoms with Gasteiger partial charge in [0.2, 0.25) is 5.91 Å². The van der Waals surface area contributed by atoms with E-state index in [1.165, 1.54) is 4.90 Å². The molecule has 1 amide bonds. The summed E-state index contributed by atoms with van der Waals surface area (Å²) in [5.74, 6) is 2.14. The Kier molecular flexibility index (Phi) is 13.5. The Morgan fingerprint density at radius 1 is 1.07 bits per heavy atom. The predicted octanol–water partition coefficient (Wildman–Crippen LogP) is 2.29. The van der Waals surface area contributed by atoms with E-state index in [2.05, 4.69) is 15.6 Å². The number of carbonyl (C=O) groups excluding carboxylic acids is 1.